The molecule has 2 aromatic rings. The van der Waals surface area contributed by atoms with Gasteiger partial charge < -0.3 is 10.1 Å². The van der Waals surface area contributed by atoms with Crippen LogP contribution in [-0.4, -0.2) is 13.0 Å². The van der Waals surface area contributed by atoms with Gasteiger partial charge >= 0.3 is 0 Å². The van der Waals surface area contributed by atoms with Gasteiger partial charge in [-0.15, -0.1) is 0 Å². The molecule has 0 fully saturated rings. The Kier molecular flexibility index (Phi) is 5.19. The number of ether oxygens (including phenoxy) is 1. The van der Waals surface area contributed by atoms with Gasteiger partial charge in [0.05, 0.1) is 13.2 Å². The summed E-state index contributed by atoms with van der Waals surface area (Å²) >= 11 is 0. The van der Waals surface area contributed by atoms with Crippen molar-refractivity contribution in [3.05, 3.63) is 64.7 Å². The average Bonchev–Trinajstić information content (AvgIpc) is 2.65. The van der Waals surface area contributed by atoms with Crippen LogP contribution in [0.4, 0.5) is 0 Å². The standard InChI is InChI=1S/C21H25NO2/c1-3-20(17-12-11-15-7-4-5-8-16(15)13-17)22-21(23)18-9-6-10-19(14-18)24-2/h6,9-14,20H,3-5,7-8H2,1-2H3,(H,22,23). The van der Waals surface area contributed by atoms with Crippen molar-refractivity contribution in [1.29, 1.82) is 0 Å². The third-order valence-electron chi connectivity index (χ3n) is 4.82. The summed E-state index contributed by atoms with van der Waals surface area (Å²) < 4.78 is 5.20. The Hall–Kier alpha value is -2.29. The van der Waals surface area contributed by atoms with E-state index in [1.165, 1.54) is 36.0 Å². The number of aryl methyl sites for hydroxylation is 2. The van der Waals surface area contributed by atoms with Gasteiger partial charge in [0.1, 0.15) is 5.75 Å². The fourth-order valence-corrected chi connectivity index (χ4v) is 3.40. The third-order valence-corrected chi connectivity index (χ3v) is 4.82. The van der Waals surface area contributed by atoms with Crippen LogP contribution in [0.1, 0.15) is 59.3 Å². The number of carbonyl (C=O) groups is 1. The molecule has 1 atom stereocenters. The highest BCUT2D eigenvalue weighted by atomic mass is 16.5. The molecule has 0 heterocycles. The lowest BCUT2D eigenvalue weighted by atomic mass is 9.88. The monoisotopic (exact) mass is 323 g/mol. The van der Waals surface area contributed by atoms with Crippen LogP contribution in [0.15, 0.2) is 42.5 Å². The van der Waals surface area contributed by atoms with E-state index in [1.807, 2.05) is 18.2 Å². The zero-order valence-corrected chi connectivity index (χ0v) is 14.5. The molecule has 1 aliphatic carbocycles. The summed E-state index contributed by atoms with van der Waals surface area (Å²) in [7, 11) is 1.61. The van der Waals surface area contributed by atoms with E-state index in [0.29, 0.717) is 11.3 Å². The first kappa shape index (κ1) is 16.6. The van der Waals surface area contributed by atoms with Gasteiger partial charge in [-0.3, -0.25) is 4.79 Å². The molecule has 0 aromatic heterocycles. The molecule has 126 valence electrons. The van der Waals surface area contributed by atoms with Crippen LogP contribution >= 0.6 is 0 Å². The van der Waals surface area contributed by atoms with E-state index in [-0.39, 0.29) is 11.9 Å². The number of rotatable bonds is 5. The van der Waals surface area contributed by atoms with E-state index < -0.39 is 0 Å². The zero-order chi connectivity index (χ0) is 16.9. The molecule has 3 heteroatoms. The molecular formula is C21H25NO2. The lowest BCUT2D eigenvalue weighted by Gasteiger charge is -2.22. The highest BCUT2D eigenvalue weighted by Crippen LogP contribution is 2.26. The van der Waals surface area contributed by atoms with E-state index in [0.717, 1.165) is 12.8 Å². The second-order valence-electron chi connectivity index (χ2n) is 6.40. The van der Waals surface area contributed by atoms with E-state index in [1.54, 1.807) is 13.2 Å². The van der Waals surface area contributed by atoms with Crippen molar-refractivity contribution in [3.8, 4) is 5.75 Å². The molecule has 1 N–H and O–H groups in total. The Morgan fingerprint density at radius 3 is 2.67 bits per heavy atom. The molecule has 0 bridgehead atoms. The molecule has 1 unspecified atom stereocenters. The number of amides is 1. The maximum absolute atomic E-state index is 12.6. The van der Waals surface area contributed by atoms with Crippen molar-refractivity contribution < 1.29 is 9.53 Å². The first-order chi connectivity index (χ1) is 11.7. The smallest absolute Gasteiger partial charge is 0.251 e. The van der Waals surface area contributed by atoms with Crippen LogP contribution in [0.5, 0.6) is 5.75 Å². The van der Waals surface area contributed by atoms with Crippen molar-refractivity contribution >= 4 is 5.91 Å². The first-order valence-corrected chi connectivity index (χ1v) is 8.78. The molecule has 0 saturated carbocycles. The molecule has 0 aliphatic heterocycles. The molecular weight excluding hydrogens is 298 g/mol. The Morgan fingerprint density at radius 1 is 1.12 bits per heavy atom. The van der Waals surface area contributed by atoms with Crippen molar-refractivity contribution in [1.82, 2.24) is 5.32 Å². The molecule has 3 rings (SSSR count). The van der Waals surface area contributed by atoms with Gasteiger partial charge in [0.15, 0.2) is 0 Å². The summed E-state index contributed by atoms with van der Waals surface area (Å²) in [5, 5.41) is 3.16. The molecule has 0 spiro atoms. The quantitative estimate of drug-likeness (QED) is 0.882. The summed E-state index contributed by atoms with van der Waals surface area (Å²) in [6.07, 6.45) is 5.76. The van der Waals surface area contributed by atoms with E-state index >= 15 is 0 Å². The molecule has 24 heavy (non-hydrogen) atoms. The van der Waals surface area contributed by atoms with E-state index in [9.17, 15) is 4.79 Å². The topological polar surface area (TPSA) is 38.3 Å². The van der Waals surface area contributed by atoms with Crippen LogP contribution in [0.3, 0.4) is 0 Å². The van der Waals surface area contributed by atoms with Crippen molar-refractivity contribution in [2.45, 2.75) is 45.1 Å². The predicted octanol–water partition coefficient (Wildman–Crippen LogP) is 4.46. The van der Waals surface area contributed by atoms with Crippen molar-refractivity contribution in [2.75, 3.05) is 7.11 Å². The molecule has 1 aliphatic rings. The predicted molar refractivity (Wildman–Crippen MR) is 96.6 cm³/mol. The zero-order valence-electron chi connectivity index (χ0n) is 14.5. The van der Waals surface area contributed by atoms with Crippen LogP contribution < -0.4 is 10.1 Å². The minimum Gasteiger partial charge on any atom is -0.497 e. The Labute approximate surface area is 144 Å². The number of carbonyl (C=O) groups excluding carboxylic acids is 1. The van der Waals surface area contributed by atoms with Gasteiger partial charge in [-0.25, -0.2) is 0 Å². The number of hydrogen-bond donors (Lipinski definition) is 1. The fourth-order valence-electron chi connectivity index (χ4n) is 3.40. The lowest BCUT2D eigenvalue weighted by molar-refractivity contribution is 0.0935. The molecule has 3 nitrogen and oxygen atoms in total. The Balaban J connectivity index is 1.77. The highest BCUT2D eigenvalue weighted by molar-refractivity contribution is 5.94. The Morgan fingerprint density at radius 2 is 1.92 bits per heavy atom. The summed E-state index contributed by atoms with van der Waals surface area (Å²) in [6, 6.07) is 14.0. The van der Waals surface area contributed by atoms with Gasteiger partial charge in [0, 0.05) is 5.56 Å². The van der Waals surface area contributed by atoms with Crippen LogP contribution in [-0.2, 0) is 12.8 Å². The number of fused-ring (bicyclic) bond motifs is 1. The molecule has 0 radical (unpaired) electrons. The first-order valence-electron chi connectivity index (χ1n) is 8.78. The van der Waals surface area contributed by atoms with Gasteiger partial charge in [0.25, 0.3) is 5.91 Å². The maximum atomic E-state index is 12.6. The Bertz CT molecular complexity index is 724. The molecule has 2 aromatic carbocycles. The summed E-state index contributed by atoms with van der Waals surface area (Å²) in [5.74, 6) is 0.642. The number of hydrogen-bond acceptors (Lipinski definition) is 2. The largest absolute Gasteiger partial charge is 0.497 e. The number of methoxy groups -OCH3 is 1. The maximum Gasteiger partial charge on any atom is 0.251 e. The van der Waals surface area contributed by atoms with Crippen molar-refractivity contribution in [2.24, 2.45) is 0 Å². The van der Waals surface area contributed by atoms with E-state index in [4.69, 9.17) is 4.74 Å². The van der Waals surface area contributed by atoms with E-state index in [2.05, 4.69) is 30.4 Å². The second-order valence-corrected chi connectivity index (χ2v) is 6.40. The summed E-state index contributed by atoms with van der Waals surface area (Å²) in [5.41, 5.74) is 4.76. The molecule has 0 saturated heterocycles. The number of benzene rings is 2. The van der Waals surface area contributed by atoms with Crippen molar-refractivity contribution in [3.63, 3.8) is 0 Å². The minimum atomic E-state index is -0.0570. The summed E-state index contributed by atoms with van der Waals surface area (Å²) in [4.78, 5) is 12.6. The average molecular weight is 323 g/mol. The second kappa shape index (κ2) is 7.52. The van der Waals surface area contributed by atoms with Gasteiger partial charge in [-0.2, -0.15) is 0 Å². The SMILES string of the molecule is CCC(NC(=O)c1cccc(OC)c1)c1ccc2c(c1)CCCC2. The fraction of sp³-hybridized carbons (Fsp3) is 0.381. The minimum absolute atomic E-state index is 0.0379. The van der Waals surface area contributed by atoms with Gasteiger partial charge in [-0.05, 0) is 67.0 Å². The van der Waals surface area contributed by atoms with Crippen LogP contribution in [0.25, 0.3) is 0 Å². The highest BCUT2D eigenvalue weighted by Gasteiger charge is 2.17. The third kappa shape index (κ3) is 3.61. The van der Waals surface area contributed by atoms with Gasteiger partial charge in [-0.1, -0.05) is 31.2 Å². The lowest BCUT2D eigenvalue weighted by Crippen LogP contribution is -2.28. The normalized spacial score (nSPS) is 14.6. The van der Waals surface area contributed by atoms with Crippen LogP contribution in [0, 0.1) is 0 Å². The molecule has 1 amide bonds. The van der Waals surface area contributed by atoms with Crippen LogP contribution in [0.2, 0.25) is 0 Å². The van der Waals surface area contributed by atoms with Gasteiger partial charge in [0.2, 0.25) is 0 Å². The number of nitrogens with one attached hydrogen (secondary N) is 1. The summed E-state index contributed by atoms with van der Waals surface area (Å²) in [6.45, 7) is 2.11.